The molecule has 2 heterocycles. The summed E-state index contributed by atoms with van der Waals surface area (Å²) in [4.78, 5) is 2.46. The van der Waals surface area contributed by atoms with Gasteiger partial charge in [-0.25, -0.2) is 0 Å². The van der Waals surface area contributed by atoms with Gasteiger partial charge in [0.2, 0.25) is 5.69 Å². The van der Waals surface area contributed by atoms with E-state index >= 15 is 0 Å². The van der Waals surface area contributed by atoms with Gasteiger partial charge >= 0.3 is 10.1 Å². The summed E-state index contributed by atoms with van der Waals surface area (Å²) in [5, 5.41) is 19.6. The molecule has 0 saturated carbocycles. The minimum Gasteiger partial charge on any atom is -0.691 e. The van der Waals surface area contributed by atoms with Crippen LogP contribution in [0.15, 0.2) is 119 Å². The van der Waals surface area contributed by atoms with E-state index in [2.05, 4.69) is 144 Å². The fourth-order valence-corrected chi connectivity index (χ4v) is 12.4. The Morgan fingerprint density at radius 2 is 1.48 bits per heavy atom. The third kappa shape index (κ3) is 9.83. The van der Waals surface area contributed by atoms with Crippen LogP contribution in [-0.4, -0.2) is 67.6 Å². The van der Waals surface area contributed by atoms with E-state index in [1.165, 1.54) is 49.8 Å². The average molecular weight is 928 g/mol. The van der Waals surface area contributed by atoms with Gasteiger partial charge in [0, 0.05) is 70.3 Å². The molecule has 64 heavy (non-hydrogen) atoms. The quantitative estimate of drug-likeness (QED) is 0.0216. The molecule has 0 N–H and O–H groups in total. The Bertz CT molecular complexity index is 2620. The van der Waals surface area contributed by atoms with Crippen molar-refractivity contribution in [1.29, 1.82) is 0 Å². The second-order valence-corrected chi connectivity index (χ2v) is 21.1. The normalized spacial score (nSPS) is 18.7. The smallest absolute Gasteiger partial charge is 0.314 e. The molecule has 0 atom stereocenters. The summed E-state index contributed by atoms with van der Waals surface area (Å²) in [6.45, 7) is 18.4. The highest BCUT2D eigenvalue weighted by molar-refractivity contribution is 7.94. The first-order valence-corrected chi connectivity index (χ1v) is 25.9. The van der Waals surface area contributed by atoms with Crippen LogP contribution in [0.4, 0.5) is 11.4 Å². The van der Waals surface area contributed by atoms with Crippen molar-refractivity contribution in [3.63, 3.8) is 0 Å². The number of hydrogen-bond donors (Lipinski definition) is 0. The van der Waals surface area contributed by atoms with Crippen LogP contribution in [0.1, 0.15) is 105 Å². The summed E-state index contributed by atoms with van der Waals surface area (Å²) >= 11 is 8.45. The van der Waals surface area contributed by atoms with E-state index < -0.39 is 10.1 Å². The highest BCUT2D eigenvalue weighted by Gasteiger charge is 2.46. The molecule has 0 spiro atoms. The fraction of sp³-hybridized carbons (Fsp3) is 0.442. The molecule has 0 saturated heterocycles. The molecule has 7 rings (SSSR count). The van der Waals surface area contributed by atoms with Gasteiger partial charge in [0.05, 0.1) is 11.2 Å². The molecular formula is C52H65ClN3O6S2+. The van der Waals surface area contributed by atoms with Crippen molar-refractivity contribution >= 4 is 72.4 Å². The van der Waals surface area contributed by atoms with Gasteiger partial charge in [0.15, 0.2) is 5.71 Å². The Labute approximate surface area is 390 Å². The minimum absolute atomic E-state index is 0.0146. The predicted molar refractivity (Wildman–Crippen MR) is 263 cm³/mol. The van der Waals surface area contributed by atoms with Crippen LogP contribution in [0, 0.1) is 0 Å². The molecule has 12 heteroatoms. The summed E-state index contributed by atoms with van der Waals surface area (Å²) in [7, 11) is -3.70. The van der Waals surface area contributed by atoms with E-state index in [9.17, 15) is 13.7 Å². The van der Waals surface area contributed by atoms with Gasteiger partial charge in [-0.2, -0.15) is 22.0 Å². The Balaban J connectivity index is 1.19. The van der Waals surface area contributed by atoms with Gasteiger partial charge in [-0.15, -0.1) is 0 Å². The average Bonchev–Trinajstić information content (AvgIpc) is 3.65. The molecule has 0 radical (unpaired) electrons. The van der Waals surface area contributed by atoms with Gasteiger partial charge in [0.25, 0.3) is 0 Å². The van der Waals surface area contributed by atoms with E-state index in [1.807, 2.05) is 20.8 Å². The molecule has 9 nitrogen and oxygen atoms in total. The van der Waals surface area contributed by atoms with Crippen molar-refractivity contribution in [2.75, 3.05) is 49.1 Å². The topological polar surface area (TPSA) is 91.1 Å². The SMILES string of the molecule is CC[N+](CC)(CC)OS(=O)(=O)CCCC[N+]1=C(/C=C/C2=C(Cl)C(=C/C=C3/N(CCCCSOO[O-])c4ccc5ccccc5c4C3(C)C)/CCC2)C(C)(C)c2c1ccc1ccccc21. The Hall–Kier alpha value is -3.78. The lowest BCUT2D eigenvalue weighted by Crippen LogP contribution is -2.49. The van der Waals surface area contributed by atoms with Gasteiger partial charge in [-0.05, 0) is 130 Å². The van der Waals surface area contributed by atoms with E-state index in [0.717, 1.165) is 72.6 Å². The zero-order chi connectivity index (χ0) is 45.7. The summed E-state index contributed by atoms with van der Waals surface area (Å²) in [5.74, 6) is 0.650. The number of benzene rings is 4. The first kappa shape index (κ1) is 48.2. The summed E-state index contributed by atoms with van der Waals surface area (Å²) in [6.07, 6.45) is 14.8. The molecular weight excluding hydrogens is 862 g/mol. The minimum atomic E-state index is -3.70. The maximum Gasteiger partial charge on any atom is 0.314 e. The van der Waals surface area contributed by atoms with Gasteiger partial charge in [-0.3, -0.25) is 5.04 Å². The molecule has 0 aromatic heterocycles. The molecule has 4 aromatic rings. The number of halogens is 1. The molecule has 1 aliphatic carbocycles. The second-order valence-electron chi connectivity index (χ2n) is 18.3. The Morgan fingerprint density at radius 3 is 2.17 bits per heavy atom. The van der Waals surface area contributed by atoms with Crippen LogP contribution >= 0.6 is 23.6 Å². The number of fused-ring (bicyclic) bond motifs is 6. The first-order chi connectivity index (χ1) is 30.7. The number of allylic oxidation sites excluding steroid dienone is 8. The first-order valence-electron chi connectivity index (χ1n) is 23.1. The number of hydrogen-bond acceptors (Lipinski definition) is 8. The van der Waals surface area contributed by atoms with Gasteiger partial charge in [0.1, 0.15) is 26.2 Å². The van der Waals surface area contributed by atoms with Gasteiger partial charge < -0.3 is 10.2 Å². The summed E-state index contributed by atoms with van der Waals surface area (Å²) < 4.78 is 39.2. The number of quaternary nitrogens is 1. The standard InChI is InChI=1S/C52H65ClN3O6S2/c1-8-56(9-2,10-3)60-64(58,59)37-18-16-35-55-45-31-27-39-21-12-14-25-43(39)49(45)52(6,7)47(55)33-29-41-23-19-22-40(50(41)53)28-32-46-51(4,5)48-42-24-13-11-20-38(42)26-30-44(48)54(46)34-15-17-36-63-62-61-57/h11-14,20-21,24-33H,8-10,15-19,22-23,34-37H2,1-7H3/q+1. The molecule has 4 aromatic carbocycles. The van der Waals surface area contributed by atoms with Crippen molar-refractivity contribution in [3.8, 4) is 0 Å². The Morgan fingerprint density at radius 1 is 0.812 bits per heavy atom. The van der Waals surface area contributed by atoms with E-state index in [1.54, 1.807) is 0 Å². The monoisotopic (exact) mass is 926 g/mol. The van der Waals surface area contributed by atoms with Crippen LogP contribution in [0.5, 0.6) is 0 Å². The Kier molecular flexibility index (Phi) is 15.3. The van der Waals surface area contributed by atoms with E-state index in [-0.39, 0.29) is 21.2 Å². The van der Waals surface area contributed by atoms with Crippen LogP contribution in [0.2, 0.25) is 0 Å². The van der Waals surface area contributed by atoms with Crippen LogP contribution in [-0.2, 0) is 34.6 Å². The highest BCUT2D eigenvalue weighted by Crippen LogP contribution is 2.51. The number of unbranched alkanes of at least 4 members (excludes halogenated alkanes) is 2. The van der Waals surface area contributed by atoms with Crippen LogP contribution in [0.3, 0.4) is 0 Å². The number of hydroxylamine groups is 3. The lowest BCUT2D eigenvalue weighted by molar-refractivity contribution is -1.08. The van der Waals surface area contributed by atoms with Crippen LogP contribution < -0.4 is 10.2 Å². The molecule has 3 aliphatic rings. The lowest BCUT2D eigenvalue weighted by Gasteiger charge is -2.30. The maximum atomic E-state index is 13.2. The zero-order valence-electron chi connectivity index (χ0n) is 38.6. The van der Waals surface area contributed by atoms with Gasteiger partial charge in [-0.1, -0.05) is 96.5 Å². The van der Waals surface area contributed by atoms with E-state index in [0.29, 0.717) is 44.8 Å². The molecule has 0 unspecified atom stereocenters. The number of rotatable bonds is 20. The van der Waals surface area contributed by atoms with Crippen molar-refractivity contribution in [1.82, 2.24) is 0 Å². The van der Waals surface area contributed by atoms with Crippen molar-refractivity contribution in [2.45, 2.75) is 104 Å². The predicted octanol–water partition coefficient (Wildman–Crippen LogP) is 11.8. The molecule has 0 bridgehead atoms. The van der Waals surface area contributed by atoms with Crippen molar-refractivity contribution < 1.29 is 36.6 Å². The van der Waals surface area contributed by atoms with Crippen LogP contribution in [0.25, 0.3) is 21.5 Å². The van der Waals surface area contributed by atoms with Crippen molar-refractivity contribution in [2.24, 2.45) is 0 Å². The number of anilines is 1. The third-order valence-corrected chi connectivity index (χ3v) is 16.2. The summed E-state index contributed by atoms with van der Waals surface area (Å²) in [6, 6.07) is 26.1. The fourth-order valence-electron chi connectivity index (χ4n) is 10.3. The third-order valence-electron chi connectivity index (χ3n) is 13.8. The maximum absolute atomic E-state index is 13.2. The van der Waals surface area contributed by atoms with Crippen molar-refractivity contribution in [3.05, 3.63) is 130 Å². The zero-order valence-corrected chi connectivity index (χ0v) is 41.0. The second kappa shape index (κ2) is 20.4. The lowest BCUT2D eigenvalue weighted by atomic mass is 9.78. The molecule has 0 fully saturated rings. The number of nitrogens with zero attached hydrogens (tertiary/aromatic N) is 3. The molecule has 342 valence electrons. The molecule has 2 aliphatic heterocycles. The summed E-state index contributed by atoms with van der Waals surface area (Å²) in [5.41, 5.74) is 9.08. The van der Waals surface area contributed by atoms with E-state index in [4.69, 9.17) is 15.9 Å². The molecule has 0 amide bonds. The largest absolute Gasteiger partial charge is 0.691 e. The highest BCUT2D eigenvalue weighted by atomic mass is 35.5.